The highest BCUT2D eigenvalue weighted by atomic mass is 19.4. The van der Waals surface area contributed by atoms with E-state index in [2.05, 4.69) is 16.8 Å². The Kier molecular flexibility index (Phi) is 9.98. The van der Waals surface area contributed by atoms with E-state index in [1.54, 1.807) is 4.90 Å². The van der Waals surface area contributed by atoms with Gasteiger partial charge < -0.3 is 15.1 Å². The molecule has 41 heavy (non-hydrogen) atoms. The summed E-state index contributed by atoms with van der Waals surface area (Å²) < 4.78 is 52.3. The van der Waals surface area contributed by atoms with E-state index < -0.39 is 30.2 Å². The molecule has 0 radical (unpaired) electrons. The predicted octanol–water partition coefficient (Wildman–Crippen LogP) is 4.05. The zero-order valence-corrected chi connectivity index (χ0v) is 23.1. The Morgan fingerprint density at radius 3 is 2.17 bits per heavy atom. The van der Waals surface area contributed by atoms with Crippen molar-refractivity contribution in [1.29, 1.82) is 0 Å². The van der Waals surface area contributed by atoms with Crippen LogP contribution >= 0.6 is 0 Å². The molecule has 2 aromatic rings. The number of alkyl halides is 3. The highest BCUT2D eigenvalue weighted by Gasteiger charge is 2.38. The zero-order chi connectivity index (χ0) is 29.6. The van der Waals surface area contributed by atoms with E-state index in [-0.39, 0.29) is 23.7 Å². The largest absolute Gasteiger partial charge is 0.471 e. The molecule has 2 aliphatic heterocycles. The first-order chi connectivity index (χ1) is 19.5. The minimum Gasteiger partial charge on any atom is -0.341 e. The molecule has 4 rings (SSSR count). The number of anilines is 1. The zero-order valence-electron chi connectivity index (χ0n) is 23.1. The number of likely N-dealkylation sites (tertiary alicyclic amines) is 1. The Balaban J connectivity index is 1.49. The number of benzene rings is 2. The van der Waals surface area contributed by atoms with Gasteiger partial charge in [0.15, 0.2) is 5.78 Å². The second-order valence-electron chi connectivity index (χ2n) is 10.6. The van der Waals surface area contributed by atoms with Crippen molar-refractivity contribution < 1.29 is 31.9 Å². The van der Waals surface area contributed by atoms with E-state index in [1.165, 1.54) is 22.3 Å². The fourth-order valence-electron chi connectivity index (χ4n) is 4.95. The lowest BCUT2D eigenvalue weighted by molar-refractivity contribution is -0.173. The first kappa shape index (κ1) is 30.4. The van der Waals surface area contributed by atoms with Crippen LogP contribution in [-0.2, 0) is 17.9 Å². The van der Waals surface area contributed by atoms with Crippen molar-refractivity contribution in [2.24, 2.45) is 0 Å². The third-order valence-corrected chi connectivity index (χ3v) is 7.48. The van der Waals surface area contributed by atoms with Gasteiger partial charge in [-0.3, -0.25) is 19.4 Å². The van der Waals surface area contributed by atoms with Crippen molar-refractivity contribution in [3.8, 4) is 0 Å². The van der Waals surface area contributed by atoms with Gasteiger partial charge in [0.25, 0.3) is 0 Å². The van der Waals surface area contributed by atoms with Gasteiger partial charge in [-0.1, -0.05) is 24.3 Å². The number of nitrogens with one attached hydrogen (secondary N) is 1. The third-order valence-electron chi connectivity index (χ3n) is 7.48. The predicted molar refractivity (Wildman–Crippen MR) is 146 cm³/mol. The van der Waals surface area contributed by atoms with E-state index in [1.807, 2.05) is 24.3 Å². The number of likely N-dealkylation sites (N-methyl/N-ethyl adjacent to an activating group) is 1. The number of amides is 3. The summed E-state index contributed by atoms with van der Waals surface area (Å²) in [6.07, 6.45) is -2.31. The van der Waals surface area contributed by atoms with E-state index in [9.17, 15) is 27.6 Å². The molecule has 222 valence electrons. The minimum absolute atomic E-state index is 0.0990. The van der Waals surface area contributed by atoms with Crippen LogP contribution in [0.15, 0.2) is 42.5 Å². The van der Waals surface area contributed by atoms with Crippen molar-refractivity contribution in [3.05, 3.63) is 65.0 Å². The van der Waals surface area contributed by atoms with Crippen LogP contribution in [0.4, 0.5) is 28.0 Å². The molecule has 0 aliphatic carbocycles. The lowest BCUT2D eigenvalue weighted by Crippen LogP contribution is -2.45. The topological polar surface area (TPSA) is 76.2 Å². The first-order valence-electron chi connectivity index (χ1n) is 13.7. The van der Waals surface area contributed by atoms with Crippen LogP contribution in [0.2, 0.25) is 0 Å². The number of ketones is 1. The average Bonchev–Trinajstić information content (AvgIpc) is 2.96. The van der Waals surface area contributed by atoms with Gasteiger partial charge in [0.1, 0.15) is 5.82 Å². The van der Waals surface area contributed by atoms with Crippen LogP contribution in [0.5, 0.6) is 0 Å². The Labute approximate surface area is 236 Å². The molecule has 0 unspecified atom stereocenters. The van der Waals surface area contributed by atoms with Gasteiger partial charge in [0, 0.05) is 62.6 Å². The summed E-state index contributed by atoms with van der Waals surface area (Å²) in [5, 5.41) is 1.49. The highest BCUT2D eigenvalue weighted by Crippen LogP contribution is 2.24. The molecular weight excluding hydrogens is 542 g/mol. The first-order valence-corrected chi connectivity index (χ1v) is 13.7. The number of hydrogen-bond acceptors (Lipinski definition) is 5. The lowest BCUT2D eigenvalue weighted by atomic mass is 10.1. The summed E-state index contributed by atoms with van der Waals surface area (Å²) in [6, 6.07) is 10.9. The summed E-state index contributed by atoms with van der Waals surface area (Å²) in [4.78, 5) is 44.8. The lowest BCUT2D eigenvalue weighted by Gasteiger charge is -2.34. The van der Waals surface area contributed by atoms with E-state index in [4.69, 9.17) is 0 Å². The van der Waals surface area contributed by atoms with Gasteiger partial charge >= 0.3 is 18.1 Å². The molecule has 2 saturated heterocycles. The maximum Gasteiger partial charge on any atom is 0.471 e. The Hall–Kier alpha value is -3.51. The van der Waals surface area contributed by atoms with E-state index in [0.717, 1.165) is 63.6 Å². The van der Waals surface area contributed by atoms with E-state index >= 15 is 4.39 Å². The van der Waals surface area contributed by atoms with Crippen LogP contribution in [0.1, 0.15) is 40.7 Å². The molecule has 0 saturated carbocycles. The molecule has 2 fully saturated rings. The molecule has 2 heterocycles. The SMILES string of the molecule is CN1CCN(Cc2ccc(N(Cc3ccc(C(=O)CNC(=O)C(F)(F)F)cc3F)C(=O)N3CCCCC3)cc2)CC1. The molecule has 0 aromatic heterocycles. The molecule has 0 bridgehead atoms. The molecule has 1 N–H and O–H groups in total. The smallest absolute Gasteiger partial charge is 0.341 e. The van der Waals surface area contributed by atoms with Crippen molar-refractivity contribution in [2.75, 3.05) is 57.8 Å². The third kappa shape index (κ3) is 8.26. The number of halogens is 4. The fourth-order valence-corrected chi connectivity index (χ4v) is 4.95. The van der Waals surface area contributed by atoms with Gasteiger partial charge in [-0.05, 0) is 50.1 Å². The van der Waals surface area contributed by atoms with Gasteiger partial charge in [-0.15, -0.1) is 0 Å². The Morgan fingerprint density at radius 1 is 0.902 bits per heavy atom. The van der Waals surface area contributed by atoms with Gasteiger partial charge in [-0.25, -0.2) is 9.18 Å². The number of piperidine rings is 1. The normalized spacial score (nSPS) is 16.9. The summed E-state index contributed by atoms with van der Waals surface area (Å²) in [5.74, 6) is -3.89. The standard InChI is InChI=1S/C29H35F4N5O3/c1-35-13-15-36(16-14-35)19-21-5-9-24(10-6-21)38(28(41)37-11-3-2-4-12-37)20-23-8-7-22(17-25(23)30)26(39)18-34-27(40)29(31,32)33/h5-10,17H,2-4,11-16,18-20H2,1H3,(H,34,40). The van der Waals surface area contributed by atoms with Crippen molar-refractivity contribution in [2.45, 2.75) is 38.5 Å². The van der Waals surface area contributed by atoms with Gasteiger partial charge in [0.05, 0.1) is 13.1 Å². The number of nitrogens with zero attached hydrogens (tertiary/aromatic N) is 4. The van der Waals surface area contributed by atoms with Crippen molar-refractivity contribution in [3.63, 3.8) is 0 Å². The van der Waals surface area contributed by atoms with Crippen LogP contribution in [-0.4, -0.2) is 91.5 Å². The summed E-state index contributed by atoms with van der Waals surface area (Å²) in [7, 11) is 2.10. The second kappa shape index (κ2) is 13.4. The van der Waals surface area contributed by atoms with Crippen LogP contribution in [0, 0.1) is 5.82 Å². The molecular formula is C29H35F4N5O3. The highest BCUT2D eigenvalue weighted by molar-refractivity contribution is 6.00. The second-order valence-corrected chi connectivity index (χ2v) is 10.6. The van der Waals surface area contributed by atoms with Crippen molar-refractivity contribution in [1.82, 2.24) is 20.0 Å². The number of hydrogen-bond donors (Lipinski definition) is 1. The molecule has 2 aliphatic rings. The number of Topliss-reactive ketones (excluding diaryl/α,β-unsaturated/α-hetero) is 1. The number of piperazine rings is 1. The average molecular weight is 578 g/mol. The Morgan fingerprint density at radius 2 is 1.56 bits per heavy atom. The van der Waals surface area contributed by atoms with Gasteiger partial charge in [0.2, 0.25) is 0 Å². The molecule has 12 heteroatoms. The number of urea groups is 1. The summed E-state index contributed by atoms with van der Waals surface area (Å²) in [6.45, 7) is 4.96. The van der Waals surface area contributed by atoms with Crippen LogP contribution in [0.25, 0.3) is 0 Å². The maximum atomic E-state index is 15.2. The van der Waals surface area contributed by atoms with Crippen LogP contribution in [0.3, 0.4) is 0 Å². The number of rotatable bonds is 8. The summed E-state index contributed by atoms with van der Waals surface area (Å²) >= 11 is 0. The molecule has 2 aromatic carbocycles. The summed E-state index contributed by atoms with van der Waals surface area (Å²) in [5.41, 5.74) is 1.68. The molecule has 3 amide bonds. The van der Waals surface area contributed by atoms with Crippen molar-refractivity contribution >= 4 is 23.4 Å². The fraction of sp³-hybridized carbons (Fsp3) is 0.483. The monoisotopic (exact) mass is 577 g/mol. The van der Waals surface area contributed by atoms with E-state index in [0.29, 0.717) is 18.8 Å². The Bertz CT molecular complexity index is 1220. The number of carbonyl (C=O) groups excluding carboxylic acids is 3. The maximum absolute atomic E-state index is 15.2. The quantitative estimate of drug-likeness (QED) is 0.379. The molecule has 8 nitrogen and oxygen atoms in total. The minimum atomic E-state index is -5.12. The molecule has 0 spiro atoms. The van der Waals surface area contributed by atoms with Crippen LogP contribution < -0.4 is 10.2 Å². The number of carbonyl (C=O) groups is 3. The molecule has 0 atom stereocenters. The van der Waals surface area contributed by atoms with Gasteiger partial charge in [-0.2, -0.15) is 13.2 Å².